The largest absolute Gasteiger partial charge is 0.0879 e. The first-order valence-corrected chi connectivity index (χ1v) is 6.26. The molecule has 1 aliphatic carbocycles. The molecule has 0 spiro atoms. The molecule has 0 saturated heterocycles. The van der Waals surface area contributed by atoms with Crippen molar-refractivity contribution in [2.75, 3.05) is 0 Å². The molecule has 84 valence electrons. The third-order valence-corrected chi connectivity index (χ3v) is 3.46. The SMILES string of the molecule is C1=CC(c2ccccc2-c2ccccc2)CC1. The van der Waals surface area contributed by atoms with E-state index in [-0.39, 0.29) is 0 Å². The zero-order valence-electron chi connectivity index (χ0n) is 9.84. The zero-order valence-corrected chi connectivity index (χ0v) is 9.84. The smallest absolute Gasteiger partial charge is 0.00270 e. The highest BCUT2D eigenvalue weighted by molar-refractivity contribution is 5.68. The van der Waals surface area contributed by atoms with Crippen LogP contribution in [0.15, 0.2) is 66.7 Å². The van der Waals surface area contributed by atoms with E-state index in [1.54, 1.807) is 0 Å². The fourth-order valence-corrected chi connectivity index (χ4v) is 2.59. The van der Waals surface area contributed by atoms with Crippen molar-refractivity contribution >= 4 is 0 Å². The molecular weight excluding hydrogens is 204 g/mol. The van der Waals surface area contributed by atoms with Crippen molar-refractivity contribution in [2.45, 2.75) is 18.8 Å². The predicted molar refractivity (Wildman–Crippen MR) is 73.0 cm³/mol. The van der Waals surface area contributed by atoms with E-state index in [1.165, 1.54) is 29.5 Å². The van der Waals surface area contributed by atoms with Crippen LogP contribution in [0.4, 0.5) is 0 Å². The summed E-state index contributed by atoms with van der Waals surface area (Å²) in [6, 6.07) is 19.4. The summed E-state index contributed by atoms with van der Waals surface area (Å²) < 4.78 is 0. The third-order valence-electron chi connectivity index (χ3n) is 3.46. The van der Waals surface area contributed by atoms with E-state index in [2.05, 4.69) is 66.7 Å². The van der Waals surface area contributed by atoms with Crippen molar-refractivity contribution in [3.8, 4) is 11.1 Å². The number of allylic oxidation sites excluding steroid dienone is 2. The first-order valence-electron chi connectivity index (χ1n) is 6.26. The Kier molecular flexibility index (Phi) is 2.79. The molecule has 0 nitrogen and oxygen atoms in total. The molecule has 2 aromatic rings. The fraction of sp³-hybridized carbons (Fsp3) is 0.176. The zero-order chi connectivity index (χ0) is 11.5. The van der Waals surface area contributed by atoms with Gasteiger partial charge in [0.05, 0.1) is 0 Å². The second kappa shape index (κ2) is 4.58. The Labute approximate surface area is 103 Å². The Balaban J connectivity index is 2.08. The summed E-state index contributed by atoms with van der Waals surface area (Å²) in [4.78, 5) is 0. The van der Waals surface area contributed by atoms with Gasteiger partial charge in [0.15, 0.2) is 0 Å². The minimum absolute atomic E-state index is 0.603. The molecule has 0 heterocycles. The van der Waals surface area contributed by atoms with Crippen LogP contribution in [0.2, 0.25) is 0 Å². The van der Waals surface area contributed by atoms with Crippen molar-refractivity contribution in [1.82, 2.24) is 0 Å². The summed E-state index contributed by atoms with van der Waals surface area (Å²) in [5.41, 5.74) is 4.17. The molecule has 17 heavy (non-hydrogen) atoms. The van der Waals surface area contributed by atoms with Crippen molar-refractivity contribution in [3.05, 3.63) is 72.3 Å². The quantitative estimate of drug-likeness (QED) is 0.638. The summed E-state index contributed by atoms with van der Waals surface area (Å²) in [5.74, 6) is 0.603. The topological polar surface area (TPSA) is 0 Å². The van der Waals surface area contributed by atoms with Crippen LogP contribution < -0.4 is 0 Å². The molecule has 0 aliphatic heterocycles. The van der Waals surface area contributed by atoms with Gasteiger partial charge in [0.2, 0.25) is 0 Å². The molecule has 0 radical (unpaired) electrons. The average molecular weight is 220 g/mol. The van der Waals surface area contributed by atoms with Crippen LogP contribution in [0, 0.1) is 0 Å². The minimum atomic E-state index is 0.603. The Morgan fingerprint density at radius 1 is 0.824 bits per heavy atom. The number of hydrogen-bond acceptors (Lipinski definition) is 0. The maximum absolute atomic E-state index is 2.35. The van der Waals surface area contributed by atoms with E-state index >= 15 is 0 Å². The van der Waals surface area contributed by atoms with Gasteiger partial charge in [-0.1, -0.05) is 66.7 Å². The minimum Gasteiger partial charge on any atom is -0.0879 e. The second-order valence-corrected chi connectivity index (χ2v) is 4.57. The van der Waals surface area contributed by atoms with Crippen LogP contribution in [-0.2, 0) is 0 Å². The molecule has 3 rings (SSSR count). The maximum atomic E-state index is 2.35. The lowest BCUT2D eigenvalue weighted by atomic mass is 9.90. The Bertz CT molecular complexity index is 523. The number of rotatable bonds is 2. The van der Waals surface area contributed by atoms with Crippen molar-refractivity contribution < 1.29 is 0 Å². The van der Waals surface area contributed by atoms with Gasteiger partial charge >= 0.3 is 0 Å². The normalized spacial score (nSPS) is 18.5. The van der Waals surface area contributed by atoms with Gasteiger partial charge in [0.1, 0.15) is 0 Å². The molecule has 0 heteroatoms. The molecule has 0 N–H and O–H groups in total. The van der Waals surface area contributed by atoms with Crippen molar-refractivity contribution in [1.29, 1.82) is 0 Å². The highest BCUT2D eigenvalue weighted by Crippen LogP contribution is 2.35. The molecule has 2 aromatic carbocycles. The second-order valence-electron chi connectivity index (χ2n) is 4.57. The first kappa shape index (κ1) is 10.3. The molecule has 1 atom stereocenters. The van der Waals surface area contributed by atoms with Gasteiger partial charge in [-0.25, -0.2) is 0 Å². The molecule has 1 aliphatic rings. The van der Waals surface area contributed by atoms with Gasteiger partial charge < -0.3 is 0 Å². The third kappa shape index (κ3) is 2.03. The highest BCUT2D eigenvalue weighted by Gasteiger charge is 2.15. The van der Waals surface area contributed by atoms with E-state index in [0.29, 0.717) is 5.92 Å². The molecule has 0 amide bonds. The van der Waals surface area contributed by atoms with Crippen LogP contribution in [0.5, 0.6) is 0 Å². The summed E-state index contributed by atoms with van der Waals surface area (Å²) in [5, 5.41) is 0. The lowest BCUT2D eigenvalue weighted by Gasteiger charge is -2.14. The summed E-state index contributed by atoms with van der Waals surface area (Å²) in [6.07, 6.45) is 7.12. The van der Waals surface area contributed by atoms with Gasteiger partial charge in [-0.15, -0.1) is 0 Å². The summed E-state index contributed by atoms with van der Waals surface area (Å²) in [7, 11) is 0. The lowest BCUT2D eigenvalue weighted by molar-refractivity contribution is 0.802. The van der Waals surface area contributed by atoms with Gasteiger partial charge in [0, 0.05) is 5.92 Å². The fourth-order valence-electron chi connectivity index (χ4n) is 2.59. The van der Waals surface area contributed by atoms with Crippen LogP contribution in [0.3, 0.4) is 0 Å². The summed E-state index contributed by atoms with van der Waals surface area (Å²) >= 11 is 0. The van der Waals surface area contributed by atoms with Gasteiger partial charge in [-0.3, -0.25) is 0 Å². The van der Waals surface area contributed by atoms with Crippen LogP contribution >= 0.6 is 0 Å². The number of benzene rings is 2. The van der Waals surface area contributed by atoms with Crippen LogP contribution in [-0.4, -0.2) is 0 Å². The summed E-state index contributed by atoms with van der Waals surface area (Å²) in [6.45, 7) is 0. The standard InChI is InChI=1S/C17H16/c1-2-8-14(9-3-1)16-12-6-7-13-17(16)15-10-4-5-11-15/h1-4,6-10,12-13,15H,5,11H2. The molecule has 0 bridgehead atoms. The molecule has 0 saturated carbocycles. The number of hydrogen-bond donors (Lipinski definition) is 0. The van der Waals surface area contributed by atoms with E-state index in [9.17, 15) is 0 Å². The predicted octanol–water partition coefficient (Wildman–Crippen LogP) is 4.79. The molecule has 0 aromatic heterocycles. The van der Waals surface area contributed by atoms with Crippen molar-refractivity contribution in [3.63, 3.8) is 0 Å². The highest BCUT2D eigenvalue weighted by atomic mass is 14.2. The maximum Gasteiger partial charge on any atom is 0.00270 e. The van der Waals surface area contributed by atoms with E-state index in [1.807, 2.05) is 0 Å². The molecule has 0 fully saturated rings. The Morgan fingerprint density at radius 2 is 1.59 bits per heavy atom. The molecule has 1 unspecified atom stereocenters. The van der Waals surface area contributed by atoms with Gasteiger partial charge in [-0.2, -0.15) is 0 Å². The molecular formula is C17H16. The Morgan fingerprint density at radius 3 is 2.35 bits per heavy atom. The monoisotopic (exact) mass is 220 g/mol. The average Bonchev–Trinajstić information content (AvgIpc) is 2.94. The van der Waals surface area contributed by atoms with Crippen molar-refractivity contribution in [2.24, 2.45) is 0 Å². The van der Waals surface area contributed by atoms with Gasteiger partial charge in [-0.05, 0) is 29.5 Å². The Hall–Kier alpha value is -1.82. The first-order chi connectivity index (χ1) is 8.45. The van der Waals surface area contributed by atoms with E-state index in [0.717, 1.165) is 0 Å². The van der Waals surface area contributed by atoms with Gasteiger partial charge in [0.25, 0.3) is 0 Å². The van der Waals surface area contributed by atoms with E-state index < -0.39 is 0 Å². The van der Waals surface area contributed by atoms with Crippen LogP contribution in [0.1, 0.15) is 24.3 Å². The van der Waals surface area contributed by atoms with Crippen LogP contribution in [0.25, 0.3) is 11.1 Å². The lowest BCUT2D eigenvalue weighted by Crippen LogP contribution is -1.94. The van der Waals surface area contributed by atoms with E-state index in [4.69, 9.17) is 0 Å².